The maximum atomic E-state index is 12.2. The number of hydrogen-bond acceptors (Lipinski definition) is 2. The summed E-state index contributed by atoms with van der Waals surface area (Å²) in [4.78, 5) is 22.3. The molecule has 0 aliphatic heterocycles. The largest absolute Gasteiger partial charge is 0.480 e. The quantitative estimate of drug-likeness (QED) is 0.812. The van der Waals surface area contributed by atoms with E-state index < -0.39 is 30.5 Å². The number of halogens is 4. The number of aliphatic carboxylic acids is 1. The van der Waals surface area contributed by atoms with E-state index in [1.165, 1.54) is 0 Å². The van der Waals surface area contributed by atoms with Gasteiger partial charge in [0.05, 0.1) is 6.42 Å². The zero-order chi connectivity index (χ0) is 16.0. The lowest BCUT2D eigenvalue weighted by molar-refractivity contribution is -0.160. The summed E-state index contributed by atoms with van der Waals surface area (Å²) in [5, 5.41) is 10.6. The third kappa shape index (κ3) is 7.12. The second kappa shape index (κ2) is 7.44. The van der Waals surface area contributed by atoms with Gasteiger partial charge in [0.1, 0.15) is 6.04 Å². The van der Waals surface area contributed by atoms with E-state index in [2.05, 4.69) is 15.9 Å². The van der Waals surface area contributed by atoms with Crippen molar-refractivity contribution in [3.05, 3.63) is 34.3 Å². The lowest BCUT2D eigenvalue weighted by atomic mass is 10.1. The van der Waals surface area contributed by atoms with Crippen LogP contribution in [0.3, 0.4) is 0 Å². The van der Waals surface area contributed by atoms with Crippen LogP contribution >= 0.6 is 15.9 Å². The number of carbonyl (C=O) groups excluding carboxylic acids is 1. The minimum Gasteiger partial charge on any atom is -0.480 e. The lowest BCUT2D eigenvalue weighted by Gasteiger charge is -2.16. The van der Waals surface area contributed by atoms with Crippen LogP contribution in [0.2, 0.25) is 0 Å². The Morgan fingerprint density at radius 2 is 2.00 bits per heavy atom. The number of nitrogens with one attached hydrogen (secondary N) is 1. The second-order valence-corrected chi connectivity index (χ2v) is 5.32. The molecule has 1 atom stereocenters. The Labute approximate surface area is 127 Å². The fraction of sp³-hybridized carbons (Fsp3) is 0.385. The molecule has 116 valence electrons. The molecule has 1 aromatic rings. The molecule has 0 heterocycles. The zero-order valence-electron chi connectivity index (χ0n) is 10.8. The van der Waals surface area contributed by atoms with Crippen LogP contribution in [0, 0.1) is 0 Å². The molecule has 0 aromatic heterocycles. The number of carboxylic acids is 1. The number of amides is 1. The number of benzene rings is 1. The Morgan fingerprint density at radius 1 is 1.33 bits per heavy atom. The molecule has 0 bridgehead atoms. The maximum Gasteiger partial charge on any atom is 0.391 e. The number of carbonyl (C=O) groups is 2. The van der Waals surface area contributed by atoms with Gasteiger partial charge in [0.15, 0.2) is 0 Å². The molecular formula is C13H13BrF3NO3. The molecule has 0 fully saturated rings. The maximum absolute atomic E-state index is 12.2. The first-order chi connectivity index (χ1) is 9.67. The van der Waals surface area contributed by atoms with Gasteiger partial charge in [-0.15, -0.1) is 0 Å². The monoisotopic (exact) mass is 367 g/mol. The minimum absolute atomic E-state index is 0.0852. The van der Waals surface area contributed by atoms with Gasteiger partial charge >= 0.3 is 12.1 Å². The zero-order valence-corrected chi connectivity index (χ0v) is 12.4. The van der Waals surface area contributed by atoms with E-state index in [0.29, 0.717) is 6.42 Å². The highest BCUT2D eigenvalue weighted by molar-refractivity contribution is 9.10. The van der Waals surface area contributed by atoms with Gasteiger partial charge in [-0.2, -0.15) is 13.2 Å². The second-order valence-electron chi connectivity index (χ2n) is 4.41. The molecule has 1 amide bonds. The van der Waals surface area contributed by atoms with Crippen molar-refractivity contribution < 1.29 is 27.9 Å². The molecule has 1 rings (SSSR count). The third-order valence-corrected chi connectivity index (χ3v) is 3.09. The van der Waals surface area contributed by atoms with E-state index in [1.54, 1.807) is 24.3 Å². The molecule has 0 spiro atoms. The summed E-state index contributed by atoms with van der Waals surface area (Å²) in [7, 11) is 0. The molecule has 1 unspecified atom stereocenters. The Balaban J connectivity index is 2.53. The van der Waals surface area contributed by atoms with Crippen molar-refractivity contribution >= 4 is 27.8 Å². The molecular weight excluding hydrogens is 355 g/mol. The number of aryl methyl sites for hydroxylation is 1. The SMILES string of the molecule is O=C(CCc1cccc(Br)c1)NC(CC(F)(F)F)C(=O)O. The Kier molecular flexibility index (Phi) is 6.19. The van der Waals surface area contributed by atoms with E-state index in [4.69, 9.17) is 5.11 Å². The van der Waals surface area contributed by atoms with Crippen LogP contribution in [-0.4, -0.2) is 29.2 Å². The first-order valence-corrected chi connectivity index (χ1v) is 6.80. The number of alkyl halides is 3. The summed E-state index contributed by atoms with van der Waals surface area (Å²) in [5.41, 5.74) is 0.822. The average Bonchev–Trinajstić information content (AvgIpc) is 2.34. The number of rotatable bonds is 6. The first-order valence-electron chi connectivity index (χ1n) is 6.01. The predicted octanol–water partition coefficient (Wildman–Crippen LogP) is 2.90. The Morgan fingerprint density at radius 3 is 2.52 bits per heavy atom. The van der Waals surface area contributed by atoms with Crippen LogP contribution < -0.4 is 5.32 Å². The van der Waals surface area contributed by atoms with Gasteiger partial charge in [-0.25, -0.2) is 4.79 Å². The minimum atomic E-state index is -4.65. The molecule has 2 N–H and O–H groups in total. The summed E-state index contributed by atoms with van der Waals surface area (Å²) in [6.07, 6.45) is -6.02. The van der Waals surface area contributed by atoms with Gasteiger partial charge < -0.3 is 10.4 Å². The van der Waals surface area contributed by atoms with Gasteiger partial charge in [0.25, 0.3) is 0 Å². The lowest BCUT2D eigenvalue weighted by Crippen LogP contribution is -2.43. The van der Waals surface area contributed by atoms with Gasteiger partial charge in [0, 0.05) is 10.9 Å². The van der Waals surface area contributed by atoms with Gasteiger partial charge in [0.2, 0.25) is 5.91 Å². The topological polar surface area (TPSA) is 66.4 Å². The summed E-state index contributed by atoms with van der Waals surface area (Å²) < 4.78 is 37.4. The number of carboxylic acid groups (broad SMARTS) is 1. The van der Waals surface area contributed by atoms with Crippen molar-refractivity contribution in [1.82, 2.24) is 5.32 Å². The van der Waals surface area contributed by atoms with E-state index in [9.17, 15) is 22.8 Å². The summed E-state index contributed by atoms with van der Waals surface area (Å²) in [6.45, 7) is 0. The van der Waals surface area contributed by atoms with Crippen molar-refractivity contribution in [3.8, 4) is 0 Å². The van der Waals surface area contributed by atoms with Crippen molar-refractivity contribution in [1.29, 1.82) is 0 Å². The van der Waals surface area contributed by atoms with Crippen LogP contribution in [0.5, 0.6) is 0 Å². The van der Waals surface area contributed by atoms with E-state index in [-0.39, 0.29) is 6.42 Å². The third-order valence-electron chi connectivity index (χ3n) is 2.60. The Bertz CT molecular complexity index is 520. The standard InChI is InChI=1S/C13H13BrF3NO3/c14-9-3-1-2-8(6-9)4-5-11(19)18-10(12(20)21)7-13(15,16)17/h1-3,6,10H,4-5,7H2,(H,18,19)(H,20,21). The highest BCUT2D eigenvalue weighted by atomic mass is 79.9. The molecule has 1 aromatic carbocycles. The van der Waals surface area contributed by atoms with Gasteiger partial charge in [-0.1, -0.05) is 28.1 Å². The van der Waals surface area contributed by atoms with Crippen LogP contribution in [0.1, 0.15) is 18.4 Å². The molecule has 0 aliphatic carbocycles. The molecule has 0 saturated carbocycles. The predicted molar refractivity (Wildman–Crippen MR) is 72.7 cm³/mol. The Hall–Kier alpha value is -1.57. The molecule has 0 radical (unpaired) electrons. The fourth-order valence-corrected chi connectivity index (χ4v) is 2.10. The molecule has 0 aliphatic rings. The fourth-order valence-electron chi connectivity index (χ4n) is 1.65. The normalized spacial score (nSPS) is 12.8. The number of hydrogen-bond donors (Lipinski definition) is 2. The van der Waals surface area contributed by atoms with Crippen LogP contribution in [0.4, 0.5) is 13.2 Å². The van der Waals surface area contributed by atoms with Crippen LogP contribution in [-0.2, 0) is 16.0 Å². The van der Waals surface area contributed by atoms with Crippen molar-refractivity contribution in [2.75, 3.05) is 0 Å². The summed E-state index contributed by atoms with van der Waals surface area (Å²) in [5.74, 6) is -2.44. The average molecular weight is 368 g/mol. The first kappa shape index (κ1) is 17.5. The van der Waals surface area contributed by atoms with Crippen molar-refractivity contribution in [3.63, 3.8) is 0 Å². The molecule has 4 nitrogen and oxygen atoms in total. The van der Waals surface area contributed by atoms with E-state index >= 15 is 0 Å². The van der Waals surface area contributed by atoms with Crippen LogP contribution in [0.15, 0.2) is 28.7 Å². The molecule has 21 heavy (non-hydrogen) atoms. The van der Waals surface area contributed by atoms with E-state index in [0.717, 1.165) is 10.0 Å². The molecule has 8 heteroatoms. The van der Waals surface area contributed by atoms with E-state index in [1.807, 2.05) is 5.32 Å². The highest BCUT2D eigenvalue weighted by Crippen LogP contribution is 2.21. The van der Waals surface area contributed by atoms with Crippen molar-refractivity contribution in [2.24, 2.45) is 0 Å². The highest BCUT2D eigenvalue weighted by Gasteiger charge is 2.36. The van der Waals surface area contributed by atoms with Crippen molar-refractivity contribution in [2.45, 2.75) is 31.5 Å². The van der Waals surface area contributed by atoms with Gasteiger partial charge in [-0.05, 0) is 24.1 Å². The smallest absolute Gasteiger partial charge is 0.391 e. The van der Waals surface area contributed by atoms with Crippen LogP contribution in [0.25, 0.3) is 0 Å². The summed E-state index contributed by atoms with van der Waals surface area (Å²) >= 11 is 3.26. The summed E-state index contributed by atoms with van der Waals surface area (Å²) in [6, 6.07) is 5.15. The molecule has 0 saturated heterocycles. The van der Waals surface area contributed by atoms with Gasteiger partial charge in [-0.3, -0.25) is 4.79 Å².